The minimum atomic E-state index is -4.24. The Balaban J connectivity index is 3.18. The lowest BCUT2D eigenvalue weighted by Crippen LogP contribution is -2.30. The molecule has 0 heterocycles. The average Bonchev–Trinajstić information content (AvgIpc) is 2.09. The molecule has 0 amide bonds. The molecule has 1 N–H and O–H groups in total. The molecule has 0 aromatic heterocycles. The Morgan fingerprint density at radius 2 is 2.00 bits per heavy atom. The number of rotatable bonds is 8. The van der Waals surface area contributed by atoms with E-state index in [-0.39, 0.29) is 12.7 Å². The lowest BCUT2D eigenvalue weighted by molar-refractivity contribution is -0.173. The molecule has 0 saturated carbocycles. The highest BCUT2D eigenvalue weighted by Crippen LogP contribution is 2.13. The number of ether oxygens (including phenoxy) is 2. The van der Waals surface area contributed by atoms with Gasteiger partial charge in [-0.15, -0.1) is 0 Å². The van der Waals surface area contributed by atoms with Gasteiger partial charge in [0.1, 0.15) is 6.61 Å². The van der Waals surface area contributed by atoms with Crippen LogP contribution >= 0.6 is 0 Å². The molecule has 0 bridgehead atoms. The van der Waals surface area contributed by atoms with Crippen molar-refractivity contribution in [2.75, 3.05) is 32.9 Å². The summed E-state index contributed by atoms with van der Waals surface area (Å²) in [6.45, 7) is 4.30. The maximum Gasteiger partial charge on any atom is 0.411 e. The molecule has 1 unspecified atom stereocenters. The molecule has 0 saturated heterocycles. The maximum absolute atomic E-state index is 11.6. The van der Waals surface area contributed by atoms with Crippen molar-refractivity contribution >= 4 is 0 Å². The predicted octanol–water partition coefficient (Wildman–Crippen LogP) is 1.58. The standard InChI is InChI=1S/C9H18F3NO2/c1-3-15-8(2)6-13-4-5-14-7-9(10,11)12/h8,13H,3-7H2,1-2H3. The molecule has 0 aliphatic rings. The Kier molecular flexibility index (Phi) is 7.72. The molecule has 1 atom stereocenters. The number of hydrogen-bond donors (Lipinski definition) is 1. The van der Waals surface area contributed by atoms with Crippen molar-refractivity contribution in [3.8, 4) is 0 Å². The highest BCUT2D eigenvalue weighted by molar-refractivity contribution is 4.55. The molecule has 92 valence electrons. The van der Waals surface area contributed by atoms with Crippen LogP contribution in [0.15, 0.2) is 0 Å². The van der Waals surface area contributed by atoms with Gasteiger partial charge in [-0.3, -0.25) is 0 Å². The van der Waals surface area contributed by atoms with Crippen molar-refractivity contribution in [2.45, 2.75) is 26.1 Å². The molecule has 0 aromatic rings. The zero-order valence-electron chi connectivity index (χ0n) is 9.06. The summed E-state index contributed by atoms with van der Waals surface area (Å²) in [5, 5.41) is 2.94. The van der Waals surface area contributed by atoms with Gasteiger partial charge in [-0.2, -0.15) is 13.2 Å². The molecule has 15 heavy (non-hydrogen) atoms. The summed E-state index contributed by atoms with van der Waals surface area (Å²) in [5.74, 6) is 0. The van der Waals surface area contributed by atoms with Crippen LogP contribution in [0.4, 0.5) is 13.2 Å². The fourth-order valence-electron chi connectivity index (χ4n) is 0.981. The lowest BCUT2D eigenvalue weighted by atomic mass is 10.4. The highest BCUT2D eigenvalue weighted by atomic mass is 19.4. The summed E-state index contributed by atoms with van der Waals surface area (Å²) < 4.78 is 44.5. The topological polar surface area (TPSA) is 30.5 Å². The molecule has 0 rings (SSSR count). The summed E-state index contributed by atoms with van der Waals surface area (Å²) >= 11 is 0. The molecular formula is C9H18F3NO2. The molecule has 0 aliphatic carbocycles. The fraction of sp³-hybridized carbons (Fsp3) is 1.00. The van der Waals surface area contributed by atoms with Gasteiger partial charge in [0.2, 0.25) is 0 Å². The third-order valence-electron chi connectivity index (χ3n) is 1.57. The van der Waals surface area contributed by atoms with E-state index in [4.69, 9.17) is 4.74 Å². The van der Waals surface area contributed by atoms with Crippen LogP contribution in [0, 0.1) is 0 Å². The van der Waals surface area contributed by atoms with E-state index in [1.54, 1.807) is 0 Å². The molecule has 6 heteroatoms. The monoisotopic (exact) mass is 229 g/mol. The van der Waals surface area contributed by atoms with Crippen LogP contribution in [0.25, 0.3) is 0 Å². The van der Waals surface area contributed by atoms with Crippen LogP contribution in [-0.2, 0) is 9.47 Å². The van der Waals surface area contributed by atoms with Crippen molar-refractivity contribution in [1.82, 2.24) is 5.32 Å². The summed E-state index contributed by atoms with van der Waals surface area (Å²) in [4.78, 5) is 0. The molecule has 0 aliphatic heterocycles. The van der Waals surface area contributed by atoms with Crippen molar-refractivity contribution in [2.24, 2.45) is 0 Å². The minimum absolute atomic E-state index is 0.0539. The average molecular weight is 229 g/mol. The van der Waals surface area contributed by atoms with E-state index < -0.39 is 12.8 Å². The van der Waals surface area contributed by atoms with E-state index in [0.29, 0.717) is 19.7 Å². The van der Waals surface area contributed by atoms with E-state index in [1.807, 2.05) is 13.8 Å². The van der Waals surface area contributed by atoms with Crippen LogP contribution in [0.3, 0.4) is 0 Å². The number of alkyl halides is 3. The normalized spacial score (nSPS) is 14.2. The largest absolute Gasteiger partial charge is 0.411 e. The van der Waals surface area contributed by atoms with Gasteiger partial charge in [0, 0.05) is 19.7 Å². The Morgan fingerprint density at radius 1 is 1.33 bits per heavy atom. The SMILES string of the molecule is CCOC(C)CNCCOCC(F)(F)F. The zero-order chi connectivity index (χ0) is 11.7. The summed E-state index contributed by atoms with van der Waals surface area (Å²) in [6.07, 6.45) is -4.17. The first-order valence-electron chi connectivity index (χ1n) is 4.92. The number of halogens is 3. The van der Waals surface area contributed by atoms with Gasteiger partial charge in [-0.25, -0.2) is 0 Å². The fourth-order valence-corrected chi connectivity index (χ4v) is 0.981. The van der Waals surface area contributed by atoms with Crippen molar-refractivity contribution < 1.29 is 22.6 Å². The van der Waals surface area contributed by atoms with Gasteiger partial charge < -0.3 is 14.8 Å². The molecule has 3 nitrogen and oxygen atoms in total. The molecule has 0 radical (unpaired) electrons. The highest BCUT2D eigenvalue weighted by Gasteiger charge is 2.27. The van der Waals surface area contributed by atoms with Crippen molar-refractivity contribution in [1.29, 1.82) is 0 Å². The van der Waals surface area contributed by atoms with Gasteiger partial charge in [0.05, 0.1) is 12.7 Å². The molecule has 0 aromatic carbocycles. The van der Waals surface area contributed by atoms with Gasteiger partial charge >= 0.3 is 6.18 Å². The lowest BCUT2D eigenvalue weighted by Gasteiger charge is -2.12. The third-order valence-corrected chi connectivity index (χ3v) is 1.57. The van der Waals surface area contributed by atoms with Crippen molar-refractivity contribution in [3.63, 3.8) is 0 Å². The van der Waals surface area contributed by atoms with Crippen LogP contribution in [-0.4, -0.2) is 45.2 Å². The first-order chi connectivity index (χ1) is 6.95. The second-order valence-corrected chi connectivity index (χ2v) is 3.14. The number of hydrogen-bond acceptors (Lipinski definition) is 3. The van der Waals surface area contributed by atoms with Crippen molar-refractivity contribution in [3.05, 3.63) is 0 Å². The zero-order valence-corrected chi connectivity index (χ0v) is 9.06. The van der Waals surface area contributed by atoms with Crippen LogP contribution < -0.4 is 5.32 Å². The Hall–Kier alpha value is -0.330. The van der Waals surface area contributed by atoms with E-state index in [9.17, 15) is 13.2 Å². The Morgan fingerprint density at radius 3 is 2.53 bits per heavy atom. The van der Waals surface area contributed by atoms with Crippen LogP contribution in [0.2, 0.25) is 0 Å². The number of nitrogens with one attached hydrogen (secondary N) is 1. The molecular weight excluding hydrogens is 211 g/mol. The predicted molar refractivity (Wildman–Crippen MR) is 50.8 cm³/mol. The molecule has 0 spiro atoms. The second kappa shape index (κ2) is 7.90. The summed E-state index contributed by atoms with van der Waals surface area (Å²) in [5.41, 5.74) is 0. The second-order valence-electron chi connectivity index (χ2n) is 3.14. The Bertz CT molecular complexity index is 153. The minimum Gasteiger partial charge on any atom is -0.377 e. The van der Waals surface area contributed by atoms with Gasteiger partial charge in [0.25, 0.3) is 0 Å². The quantitative estimate of drug-likeness (QED) is 0.641. The summed E-state index contributed by atoms with van der Waals surface area (Å²) in [7, 11) is 0. The van der Waals surface area contributed by atoms with E-state index in [1.165, 1.54) is 0 Å². The van der Waals surface area contributed by atoms with Crippen LogP contribution in [0.1, 0.15) is 13.8 Å². The molecule has 0 fully saturated rings. The third kappa shape index (κ3) is 11.6. The van der Waals surface area contributed by atoms with E-state index in [0.717, 1.165) is 0 Å². The Labute approximate surface area is 87.9 Å². The first kappa shape index (κ1) is 14.7. The van der Waals surface area contributed by atoms with E-state index in [2.05, 4.69) is 10.1 Å². The summed E-state index contributed by atoms with van der Waals surface area (Å²) in [6, 6.07) is 0. The maximum atomic E-state index is 11.6. The van der Waals surface area contributed by atoms with Gasteiger partial charge in [-0.05, 0) is 13.8 Å². The smallest absolute Gasteiger partial charge is 0.377 e. The van der Waals surface area contributed by atoms with E-state index >= 15 is 0 Å². The van der Waals surface area contributed by atoms with Gasteiger partial charge in [-0.1, -0.05) is 0 Å². The van der Waals surface area contributed by atoms with Crippen LogP contribution in [0.5, 0.6) is 0 Å². The van der Waals surface area contributed by atoms with Gasteiger partial charge in [0.15, 0.2) is 0 Å². The first-order valence-corrected chi connectivity index (χ1v) is 4.92.